The first-order valence-electron chi connectivity index (χ1n) is 10.8. The number of carbonyl (C=O) groups is 2. The molecule has 13 heteroatoms. The van der Waals surface area contributed by atoms with Gasteiger partial charge in [-0.2, -0.15) is 0 Å². The molecule has 2 heterocycles. The van der Waals surface area contributed by atoms with Crippen molar-refractivity contribution in [2.45, 2.75) is 5.16 Å². The third-order valence-electron chi connectivity index (χ3n) is 5.42. The zero-order valence-electron chi connectivity index (χ0n) is 19.8. The summed E-state index contributed by atoms with van der Waals surface area (Å²) in [6, 6.07) is 16.5. The van der Waals surface area contributed by atoms with Crippen LogP contribution in [0.1, 0.15) is 10.4 Å². The predicted octanol–water partition coefficient (Wildman–Crippen LogP) is 2.09. The van der Waals surface area contributed by atoms with Gasteiger partial charge >= 0.3 is 11.7 Å². The molecule has 0 radical (unpaired) electrons. The van der Waals surface area contributed by atoms with Gasteiger partial charge in [-0.05, 0) is 24.3 Å². The lowest BCUT2D eigenvalue weighted by atomic mass is 10.2. The van der Waals surface area contributed by atoms with Gasteiger partial charge in [0.2, 0.25) is 5.78 Å². The minimum Gasteiger partial charge on any atom is -0.457 e. The lowest BCUT2D eigenvalue weighted by molar-refractivity contribution is -0.139. The summed E-state index contributed by atoms with van der Waals surface area (Å²) < 4.78 is 8.59. The van der Waals surface area contributed by atoms with Crippen LogP contribution in [0.3, 0.4) is 0 Å². The van der Waals surface area contributed by atoms with Crippen molar-refractivity contribution >= 4 is 40.9 Å². The minimum absolute atomic E-state index is 0.186. The van der Waals surface area contributed by atoms with Gasteiger partial charge in [0.05, 0.1) is 5.75 Å². The van der Waals surface area contributed by atoms with E-state index in [0.29, 0.717) is 16.0 Å². The van der Waals surface area contributed by atoms with Crippen LogP contribution in [0.25, 0.3) is 17.1 Å². The number of hydrogen-bond acceptors (Lipinski definition) is 9. The highest BCUT2D eigenvalue weighted by molar-refractivity contribution is 7.99. The number of benzene rings is 2. The van der Waals surface area contributed by atoms with E-state index in [0.717, 1.165) is 32.1 Å². The molecule has 0 fully saturated rings. The first kappa shape index (κ1) is 25.9. The zero-order chi connectivity index (χ0) is 26.7. The van der Waals surface area contributed by atoms with Gasteiger partial charge in [-0.1, -0.05) is 53.7 Å². The van der Waals surface area contributed by atoms with E-state index in [1.54, 1.807) is 28.8 Å². The maximum atomic E-state index is 12.6. The van der Waals surface area contributed by atoms with Gasteiger partial charge in [-0.25, -0.2) is 4.79 Å². The van der Waals surface area contributed by atoms with E-state index in [-0.39, 0.29) is 11.6 Å². The smallest absolute Gasteiger partial charge is 0.332 e. The number of carbonyl (C=O) groups excluding carboxylic acids is 2. The van der Waals surface area contributed by atoms with Crippen molar-refractivity contribution in [2.24, 2.45) is 14.1 Å². The van der Waals surface area contributed by atoms with Crippen molar-refractivity contribution in [1.82, 2.24) is 23.9 Å². The molecule has 4 rings (SSSR count). The van der Waals surface area contributed by atoms with E-state index in [4.69, 9.17) is 22.1 Å². The number of nitrogen functional groups attached to an aromatic ring is 1. The standard InChI is InChI=1S/C24H21ClN6O5S/c1-29-20(26)19(22(34)30(2)24(29)35)17(32)12-36-18(33)13-37-23-28-27-21(14-6-4-3-5-7-14)31(23)16-10-8-15(25)9-11-16/h3-11H,12-13,26H2,1-2H3. The van der Waals surface area contributed by atoms with Crippen LogP contribution in [-0.2, 0) is 23.6 Å². The summed E-state index contributed by atoms with van der Waals surface area (Å²) in [6.07, 6.45) is 0. The average molecular weight is 541 g/mol. The van der Waals surface area contributed by atoms with Crippen LogP contribution in [-0.4, -0.2) is 48.0 Å². The number of hydrogen-bond donors (Lipinski definition) is 1. The number of thioether (sulfide) groups is 1. The maximum Gasteiger partial charge on any atom is 0.332 e. The molecule has 0 spiro atoms. The van der Waals surface area contributed by atoms with Crippen molar-refractivity contribution in [1.29, 1.82) is 0 Å². The molecule has 0 aliphatic heterocycles. The van der Waals surface area contributed by atoms with E-state index in [2.05, 4.69) is 10.2 Å². The van der Waals surface area contributed by atoms with Gasteiger partial charge in [0, 0.05) is 30.4 Å². The maximum absolute atomic E-state index is 12.6. The van der Waals surface area contributed by atoms with Crippen molar-refractivity contribution in [3.63, 3.8) is 0 Å². The van der Waals surface area contributed by atoms with Gasteiger partial charge < -0.3 is 10.5 Å². The Balaban J connectivity index is 1.50. The zero-order valence-corrected chi connectivity index (χ0v) is 21.3. The van der Waals surface area contributed by atoms with Crippen LogP contribution in [0, 0.1) is 0 Å². The second kappa shape index (κ2) is 10.8. The number of rotatable bonds is 8. The molecular formula is C24H21ClN6O5S. The highest BCUT2D eigenvalue weighted by Gasteiger charge is 2.22. The Morgan fingerprint density at radius 1 is 1.00 bits per heavy atom. The first-order chi connectivity index (χ1) is 17.7. The van der Waals surface area contributed by atoms with Crippen molar-refractivity contribution in [3.8, 4) is 17.1 Å². The number of aromatic nitrogens is 5. The van der Waals surface area contributed by atoms with Crippen molar-refractivity contribution < 1.29 is 14.3 Å². The molecular weight excluding hydrogens is 520 g/mol. The van der Waals surface area contributed by atoms with Crippen molar-refractivity contribution in [2.75, 3.05) is 18.1 Å². The number of anilines is 1. The molecule has 0 amide bonds. The molecule has 0 aliphatic carbocycles. The molecule has 11 nitrogen and oxygen atoms in total. The summed E-state index contributed by atoms with van der Waals surface area (Å²) in [6.45, 7) is -0.712. The lowest BCUT2D eigenvalue weighted by Gasteiger charge is -2.11. The molecule has 2 aromatic heterocycles. The van der Waals surface area contributed by atoms with Crippen LogP contribution < -0.4 is 17.0 Å². The largest absolute Gasteiger partial charge is 0.457 e. The summed E-state index contributed by atoms with van der Waals surface area (Å²) >= 11 is 7.11. The highest BCUT2D eigenvalue weighted by atomic mass is 35.5. The molecule has 0 saturated heterocycles. The molecule has 190 valence electrons. The molecule has 0 unspecified atom stereocenters. The van der Waals surface area contributed by atoms with E-state index >= 15 is 0 Å². The van der Waals surface area contributed by atoms with Crippen molar-refractivity contribution in [3.05, 3.63) is 86.0 Å². The molecule has 2 N–H and O–H groups in total. The van der Waals surface area contributed by atoms with Gasteiger partial charge in [-0.3, -0.25) is 28.1 Å². The van der Waals surface area contributed by atoms with E-state index in [9.17, 15) is 19.2 Å². The normalized spacial score (nSPS) is 10.9. The van der Waals surface area contributed by atoms with Crippen LogP contribution in [0.4, 0.5) is 5.82 Å². The molecule has 0 aliphatic rings. The fourth-order valence-corrected chi connectivity index (χ4v) is 4.34. The third-order valence-corrected chi connectivity index (χ3v) is 6.58. The molecule has 4 aromatic rings. The topological polar surface area (TPSA) is 144 Å². The van der Waals surface area contributed by atoms with E-state index in [1.165, 1.54) is 14.1 Å². The monoisotopic (exact) mass is 540 g/mol. The Kier molecular flexibility index (Phi) is 7.60. The summed E-state index contributed by atoms with van der Waals surface area (Å²) in [4.78, 5) is 49.3. The number of esters is 1. The van der Waals surface area contributed by atoms with Gasteiger partial charge in [0.25, 0.3) is 5.56 Å². The average Bonchev–Trinajstić information content (AvgIpc) is 3.33. The Morgan fingerprint density at radius 3 is 2.35 bits per heavy atom. The minimum atomic E-state index is -0.861. The highest BCUT2D eigenvalue weighted by Crippen LogP contribution is 2.28. The molecule has 0 saturated carbocycles. The summed E-state index contributed by atoms with van der Waals surface area (Å²) in [5.41, 5.74) is 5.39. The number of halogens is 1. The Bertz CT molecular complexity index is 1600. The van der Waals surface area contributed by atoms with Gasteiger partial charge in [-0.15, -0.1) is 10.2 Å². The van der Waals surface area contributed by atoms with E-state index in [1.807, 2.05) is 30.3 Å². The third kappa shape index (κ3) is 5.34. The van der Waals surface area contributed by atoms with E-state index < -0.39 is 35.2 Å². The summed E-state index contributed by atoms with van der Waals surface area (Å²) in [5, 5.41) is 9.51. The number of ketones is 1. The SMILES string of the molecule is Cn1c(N)c(C(=O)COC(=O)CSc2nnc(-c3ccccc3)n2-c2ccc(Cl)cc2)c(=O)n(C)c1=O. The van der Waals surface area contributed by atoms with Crippen LogP contribution in [0.5, 0.6) is 0 Å². The molecule has 37 heavy (non-hydrogen) atoms. The number of nitrogens with two attached hydrogens (primary N) is 1. The fraction of sp³-hybridized carbons (Fsp3) is 0.167. The number of nitrogens with zero attached hydrogens (tertiary/aromatic N) is 5. The number of ether oxygens (including phenoxy) is 1. The lowest BCUT2D eigenvalue weighted by Crippen LogP contribution is -2.42. The van der Waals surface area contributed by atoms with Gasteiger partial charge in [0.15, 0.2) is 17.6 Å². The quantitative estimate of drug-likeness (QED) is 0.202. The predicted molar refractivity (Wildman–Crippen MR) is 139 cm³/mol. The van der Waals surface area contributed by atoms with Gasteiger partial charge in [0.1, 0.15) is 11.4 Å². The van der Waals surface area contributed by atoms with Crippen LogP contribution >= 0.6 is 23.4 Å². The fourth-order valence-electron chi connectivity index (χ4n) is 3.47. The molecule has 0 bridgehead atoms. The summed E-state index contributed by atoms with van der Waals surface area (Å²) in [5.74, 6) is -1.45. The molecule has 0 atom stereocenters. The second-order valence-electron chi connectivity index (χ2n) is 7.82. The molecule has 2 aromatic carbocycles. The second-order valence-corrected chi connectivity index (χ2v) is 9.20. The number of Topliss-reactive ketones (excluding diaryl/α,β-unsaturated/α-hetero) is 1. The Labute approximate surface area is 219 Å². The van der Waals surface area contributed by atoms with Crippen LogP contribution in [0.15, 0.2) is 69.3 Å². The Morgan fingerprint density at radius 2 is 1.68 bits per heavy atom. The first-order valence-corrected chi connectivity index (χ1v) is 12.2. The Hall–Kier alpha value is -4.16. The summed E-state index contributed by atoms with van der Waals surface area (Å²) in [7, 11) is 2.56. The van der Waals surface area contributed by atoms with Crippen LogP contribution in [0.2, 0.25) is 5.02 Å².